The van der Waals surface area contributed by atoms with Crippen LogP contribution >= 0.6 is 27.5 Å². The lowest BCUT2D eigenvalue weighted by molar-refractivity contribution is 0.102. The van der Waals surface area contributed by atoms with Gasteiger partial charge in [-0.15, -0.1) is 0 Å². The Hall–Kier alpha value is -1.39. The molecule has 0 fully saturated rings. The van der Waals surface area contributed by atoms with Crippen LogP contribution in [0.5, 0.6) is 0 Å². The van der Waals surface area contributed by atoms with Crippen LogP contribution in [0, 0.1) is 0 Å². The van der Waals surface area contributed by atoms with E-state index >= 15 is 0 Å². The number of amides is 1. The number of benzene rings is 1. The Labute approximate surface area is 125 Å². The zero-order valence-electron chi connectivity index (χ0n) is 10.3. The van der Waals surface area contributed by atoms with Gasteiger partial charge in [-0.05, 0) is 36.2 Å². The first-order valence-electron chi connectivity index (χ1n) is 5.81. The highest BCUT2D eigenvalue weighted by Gasteiger charge is 2.12. The number of pyridine rings is 1. The number of nitrogens with one attached hydrogen (secondary N) is 1. The zero-order valence-corrected chi connectivity index (χ0v) is 12.6. The molecule has 0 radical (unpaired) electrons. The lowest BCUT2D eigenvalue weighted by Crippen LogP contribution is -2.13. The molecule has 0 saturated heterocycles. The minimum Gasteiger partial charge on any atom is -0.322 e. The number of nitrogens with zero attached hydrogens (tertiary/aromatic N) is 1. The SMILES string of the molecule is CCc1cc(Br)ccc1NC(=O)c1ccncc1Cl. The number of aryl methyl sites for hydroxylation is 1. The highest BCUT2D eigenvalue weighted by molar-refractivity contribution is 9.10. The summed E-state index contributed by atoms with van der Waals surface area (Å²) in [4.78, 5) is 16.0. The van der Waals surface area contributed by atoms with Gasteiger partial charge >= 0.3 is 0 Å². The van der Waals surface area contributed by atoms with Crippen molar-refractivity contribution < 1.29 is 4.79 Å². The number of carbonyl (C=O) groups is 1. The van der Waals surface area contributed by atoms with Crippen molar-refractivity contribution in [2.24, 2.45) is 0 Å². The van der Waals surface area contributed by atoms with E-state index in [1.807, 2.05) is 25.1 Å². The zero-order chi connectivity index (χ0) is 13.8. The molecule has 1 amide bonds. The van der Waals surface area contributed by atoms with Crippen molar-refractivity contribution in [2.45, 2.75) is 13.3 Å². The normalized spacial score (nSPS) is 10.3. The van der Waals surface area contributed by atoms with Gasteiger partial charge in [-0.2, -0.15) is 0 Å². The molecule has 1 aromatic carbocycles. The fourth-order valence-electron chi connectivity index (χ4n) is 1.73. The van der Waals surface area contributed by atoms with E-state index in [2.05, 4.69) is 26.2 Å². The summed E-state index contributed by atoms with van der Waals surface area (Å²) in [5, 5.41) is 3.22. The van der Waals surface area contributed by atoms with Crippen LogP contribution in [0.3, 0.4) is 0 Å². The summed E-state index contributed by atoms with van der Waals surface area (Å²) in [5.74, 6) is -0.232. The molecule has 1 aromatic heterocycles. The number of hydrogen-bond donors (Lipinski definition) is 1. The first kappa shape index (κ1) is 14.0. The Morgan fingerprint density at radius 3 is 2.89 bits per heavy atom. The molecule has 3 nitrogen and oxygen atoms in total. The Morgan fingerprint density at radius 1 is 1.42 bits per heavy atom. The summed E-state index contributed by atoms with van der Waals surface area (Å²) in [6, 6.07) is 7.35. The molecule has 1 heterocycles. The van der Waals surface area contributed by atoms with Crippen molar-refractivity contribution >= 4 is 39.1 Å². The van der Waals surface area contributed by atoms with Crippen molar-refractivity contribution in [3.05, 3.63) is 57.3 Å². The maximum absolute atomic E-state index is 12.2. The van der Waals surface area contributed by atoms with Gasteiger partial charge in [-0.25, -0.2) is 0 Å². The Kier molecular flexibility index (Phi) is 4.56. The number of carbonyl (C=O) groups excluding carboxylic acids is 1. The monoisotopic (exact) mass is 338 g/mol. The van der Waals surface area contributed by atoms with Crippen LogP contribution in [0.25, 0.3) is 0 Å². The molecule has 0 aliphatic heterocycles. The van der Waals surface area contributed by atoms with Crippen LogP contribution in [0.15, 0.2) is 41.1 Å². The molecule has 0 spiro atoms. The van der Waals surface area contributed by atoms with Crippen molar-refractivity contribution in [2.75, 3.05) is 5.32 Å². The second-order valence-corrected chi connectivity index (χ2v) is 5.29. The Balaban J connectivity index is 2.27. The van der Waals surface area contributed by atoms with Crippen LogP contribution < -0.4 is 5.32 Å². The Morgan fingerprint density at radius 2 is 2.21 bits per heavy atom. The molecular formula is C14H12BrClN2O. The summed E-state index contributed by atoms with van der Waals surface area (Å²) < 4.78 is 0.990. The van der Waals surface area contributed by atoms with Crippen molar-refractivity contribution in [3.8, 4) is 0 Å². The van der Waals surface area contributed by atoms with Gasteiger partial charge in [0.1, 0.15) is 0 Å². The first-order valence-corrected chi connectivity index (χ1v) is 6.98. The number of rotatable bonds is 3. The smallest absolute Gasteiger partial charge is 0.257 e. The maximum atomic E-state index is 12.2. The van der Waals surface area contributed by atoms with Crippen LogP contribution in [0.4, 0.5) is 5.69 Å². The van der Waals surface area contributed by atoms with E-state index in [4.69, 9.17) is 11.6 Å². The lowest BCUT2D eigenvalue weighted by atomic mass is 10.1. The predicted octanol–water partition coefficient (Wildman–Crippen LogP) is 4.31. The molecule has 0 saturated carbocycles. The fourth-order valence-corrected chi connectivity index (χ4v) is 2.34. The van der Waals surface area contributed by atoms with Crippen LogP contribution in [-0.4, -0.2) is 10.9 Å². The van der Waals surface area contributed by atoms with E-state index < -0.39 is 0 Å². The quantitative estimate of drug-likeness (QED) is 0.905. The van der Waals surface area contributed by atoms with Crippen LogP contribution in [-0.2, 0) is 6.42 Å². The average molecular weight is 340 g/mol. The summed E-state index contributed by atoms with van der Waals surface area (Å²) in [7, 11) is 0. The summed E-state index contributed by atoms with van der Waals surface area (Å²) >= 11 is 9.37. The predicted molar refractivity (Wildman–Crippen MR) is 80.7 cm³/mol. The largest absolute Gasteiger partial charge is 0.322 e. The van der Waals surface area contributed by atoms with E-state index in [1.54, 1.807) is 12.3 Å². The van der Waals surface area contributed by atoms with Gasteiger partial charge in [0.2, 0.25) is 0 Å². The fraction of sp³-hybridized carbons (Fsp3) is 0.143. The number of aromatic nitrogens is 1. The third-order valence-electron chi connectivity index (χ3n) is 2.71. The van der Waals surface area contributed by atoms with E-state index in [1.165, 1.54) is 6.20 Å². The molecule has 2 rings (SSSR count). The van der Waals surface area contributed by atoms with Crippen molar-refractivity contribution in [1.29, 1.82) is 0 Å². The van der Waals surface area contributed by atoms with Crippen LogP contribution in [0.1, 0.15) is 22.8 Å². The summed E-state index contributed by atoms with van der Waals surface area (Å²) in [5.41, 5.74) is 2.28. The second kappa shape index (κ2) is 6.17. The molecule has 1 N–H and O–H groups in total. The summed E-state index contributed by atoms with van der Waals surface area (Å²) in [6.45, 7) is 2.04. The second-order valence-electron chi connectivity index (χ2n) is 3.96. The third-order valence-corrected chi connectivity index (χ3v) is 3.51. The highest BCUT2D eigenvalue weighted by atomic mass is 79.9. The van der Waals surface area contributed by atoms with E-state index in [0.29, 0.717) is 10.6 Å². The van der Waals surface area contributed by atoms with Gasteiger partial charge < -0.3 is 5.32 Å². The lowest BCUT2D eigenvalue weighted by Gasteiger charge is -2.11. The molecule has 2 aromatic rings. The van der Waals surface area contributed by atoms with Gasteiger partial charge in [0.25, 0.3) is 5.91 Å². The van der Waals surface area contributed by atoms with Gasteiger partial charge in [0, 0.05) is 22.6 Å². The third kappa shape index (κ3) is 3.33. The summed E-state index contributed by atoms with van der Waals surface area (Å²) in [6.07, 6.45) is 3.83. The molecule has 0 aliphatic rings. The minimum absolute atomic E-state index is 0.232. The van der Waals surface area contributed by atoms with Crippen molar-refractivity contribution in [1.82, 2.24) is 4.98 Å². The maximum Gasteiger partial charge on any atom is 0.257 e. The molecule has 0 unspecified atom stereocenters. The topological polar surface area (TPSA) is 42.0 Å². The van der Waals surface area contributed by atoms with Gasteiger partial charge in [0.05, 0.1) is 10.6 Å². The molecule has 0 bridgehead atoms. The number of anilines is 1. The molecule has 0 atom stereocenters. The number of hydrogen-bond acceptors (Lipinski definition) is 2. The Bertz CT molecular complexity index is 616. The van der Waals surface area contributed by atoms with Gasteiger partial charge in [-0.1, -0.05) is 34.5 Å². The molecule has 0 aliphatic carbocycles. The molecule has 19 heavy (non-hydrogen) atoms. The molecular weight excluding hydrogens is 328 g/mol. The molecule has 98 valence electrons. The highest BCUT2D eigenvalue weighted by Crippen LogP contribution is 2.23. The van der Waals surface area contributed by atoms with Crippen LogP contribution in [0.2, 0.25) is 5.02 Å². The van der Waals surface area contributed by atoms with E-state index in [0.717, 1.165) is 22.1 Å². The standard InChI is InChI=1S/C14H12BrClN2O/c1-2-9-7-10(15)3-4-13(9)18-14(19)11-5-6-17-8-12(11)16/h3-8H,2H2,1H3,(H,18,19). The first-order chi connectivity index (χ1) is 9.11. The minimum atomic E-state index is -0.232. The van der Waals surface area contributed by atoms with Crippen molar-refractivity contribution in [3.63, 3.8) is 0 Å². The average Bonchev–Trinajstić information content (AvgIpc) is 2.41. The van der Waals surface area contributed by atoms with Gasteiger partial charge in [-0.3, -0.25) is 9.78 Å². The van der Waals surface area contributed by atoms with E-state index in [9.17, 15) is 4.79 Å². The number of halogens is 2. The van der Waals surface area contributed by atoms with E-state index in [-0.39, 0.29) is 5.91 Å². The van der Waals surface area contributed by atoms with Gasteiger partial charge in [0.15, 0.2) is 0 Å². The molecule has 5 heteroatoms.